The first kappa shape index (κ1) is 22.3. The zero-order chi connectivity index (χ0) is 21.9. The number of hydrogen-bond acceptors (Lipinski definition) is 5. The minimum absolute atomic E-state index is 0.0856. The van der Waals surface area contributed by atoms with Crippen LogP contribution >= 0.6 is 23.2 Å². The summed E-state index contributed by atoms with van der Waals surface area (Å²) in [4.78, 5) is 50.8. The number of nitrogens with one attached hydrogen (secondary N) is 3. The number of hydrazine groups is 1. The molecule has 1 aliphatic carbocycles. The molecule has 3 N–H and O–H groups in total. The van der Waals surface area contributed by atoms with Gasteiger partial charge in [0.25, 0.3) is 11.8 Å². The van der Waals surface area contributed by atoms with Gasteiger partial charge in [-0.25, -0.2) is 4.79 Å². The molecule has 1 saturated carbocycles. The molecule has 1 aromatic rings. The van der Waals surface area contributed by atoms with Crippen LogP contribution in [0.1, 0.15) is 32.1 Å². The van der Waals surface area contributed by atoms with E-state index in [0.29, 0.717) is 28.6 Å². The second-order valence-electron chi connectivity index (χ2n) is 7.60. The highest BCUT2D eigenvalue weighted by Gasteiger charge is 2.52. The average Bonchev–Trinajstić information content (AvgIpc) is 2.89. The third-order valence-corrected chi connectivity index (χ3v) is 5.87. The van der Waals surface area contributed by atoms with Crippen molar-refractivity contribution in [1.29, 1.82) is 0 Å². The van der Waals surface area contributed by atoms with Gasteiger partial charge in [0, 0.05) is 5.69 Å². The van der Waals surface area contributed by atoms with Gasteiger partial charge in [0.15, 0.2) is 0 Å². The molecule has 1 heterocycles. The molecule has 5 amide bonds. The first-order valence-electron chi connectivity index (χ1n) is 9.60. The van der Waals surface area contributed by atoms with Gasteiger partial charge in [0.1, 0.15) is 5.54 Å². The largest absolute Gasteiger partial charge is 0.344 e. The highest BCUT2D eigenvalue weighted by Crippen LogP contribution is 2.33. The quantitative estimate of drug-likeness (QED) is 0.569. The van der Waals surface area contributed by atoms with Crippen LogP contribution in [0.5, 0.6) is 0 Å². The van der Waals surface area contributed by atoms with E-state index in [4.69, 9.17) is 23.2 Å². The molecule has 0 atom stereocenters. The van der Waals surface area contributed by atoms with Crippen LogP contribution in [-0.2, 0) is 14.4 Å². The van der Waals surface area contributed by atoms with Crippen LogP contribution in [0.3, 0.4) is 0 Å². The Labute approximate surface area is 184 Å². The first-order chi connectivity index (χ1) is 14.2. The van der Waals surface area contributed by atoms with Crippen molar-refractivity contribution in [1.82, 2.24) is 20.7 Å². The molecular weight excluding hydrogens is 433 g/mol. The van der Waals surface area contributed by atoms with E-state index in [2.05, 4.69) is 16.1 Å². The molecule has 3 rings (SSSR count). The topological polar surface area (TPSA) is 111 Å². The molecule has 1 spiro atoms. The molecule has 0 aromatic heterocycles. The van der Waals surface area contributed by atoms with Gasteiger partial charge in [0.05, 0.1) is 23.1 Å². The Bertz CT molecular complexity index is 872. The SMILES string of the molecule is CN(CC(=O)Nc1ccc(Cl)c(Cl)c1)CC(=O)NN1C(=O)NC2(CCCCC2)C1=O. The van der Waals surface area contributed by atoms with E-state index >= 15 is 0 Å². The third-order valence-electron chi connectivity index (χ3n) is 5.14. The molecule has 0 radical (unpaired) electrons. The van der Waals surface area contributed by atoms with Gasteiger partial charge in [-0.1, -0.05) is 42.5 Å². The highest BCUT2D eigenvalue weighted by molar-refractivity contribution is 6.42. The highest BCUT2D eigenvalue weighted by atomic mass is 35.5. The van der Waals surface area contributed by atoms with E-state index < -0.39 is 23.4 Å². The zero-order valence-corrected chi connectivity index (χ0v) is 18.0. The third kappa shape index (κ3) is 5.03. The Morgan fingerprint density at radius 3 is 2.43 bits per heavy atom. The Morgan fingerprint density at radius 2 is 1.77 bits per heavy atom. The van der Waals surface area contributed by atoms with Crippen molar-refractivity contribution < 1.29 is 19.2 Å². The van der Waals surface area contributed by atoms with Crippen LogP contribution in [0.25, 0.3) is 0 Å². The molecule has 30 heavy (non-hydrogen) atoms. The summed E-state index contributed by atoms with van der Waals surface area (Å²) in [6.45, 7) is -0.267. The lowest BCUT2D eigenvalue weighted by molar-refractivity contribution is -0.140. The van der Waals surface area contributed by atoms with Crippen LogP contribution in [-0.4, -0.2) is 59.3 Å². The zero-order valence-electron chi connectivity index (χ0n) is 16.5. The van der Waals surface area contributed by atoms with E-state index in [9.17, 15) is 19.2 Å². The summed E-state index contributed by atoms with van der Waals surface area (Å²) in [5.74, 6) is -1.36. The van der Waals surface area contributed by atoms with E-state index in [1.807, 2.05) is 0 Å². The maximum absolute atomic E-state index is 12.7. The fourth-order valence-electron chi connectivity index (χ4n) is 3.70. The molecule has 0 bridgehead atoms. The fourth-order valence-corrected chi connectivity index (χ4v) is 3.99. The minimum atomic E-state index is -0.908. The number of anilines is 1. The predicted molar refractivity (Wildman–Crippen MR) is 112 cm³/mol. The Hall–Kier alpha value is -2.36. The predicted octanol–water partition coefficient (Wildman–Crippen LogP) is 2.15. The summed E-state index contributed by atoms with van der Waals surface area (Å²) in [6.07, 6.45) is 3.86. The van der Waals surface area contributed by atoms with Gasteiger partial charge in [-0.05, 0) is 38.1 Å². The van der Waals surface area contributed by atoms with Gasteiger partial charge in [-0.15, -0.1) is 0 Å². The second-order valence-corrected chi connectivity index (χ2v) is 8.41. The smallest absolute Gasteiger partial charge is 0.325 e. The number of halogens is 2. The van der Waals surface area contributed by atoms with Gasteiger partial charge in [0.2, 0.25) is 5.91 Å². The number of carbonyl (C=O) groups is 4. The van der Waals surface area contributed by atoms with Crippen molar-refractivity contribution in [3.63, 3.8) is 0 Å². The summed E-state index contributed by atoms with van der Waals surface area (Å²) in [5.41, 5.74) is 1.91. The molecule has 1 aromatic carbocycles. The Balaban J connectivity index is 1.49. The standard InChI is InChI=1S/C19H23Cl2N5O4/c1-25(10-15(27)22-12-5-6-13(20)14(21)9-12)11-16(28)24-26-17(29)19(23-18(26)30)7-3-2-4-8-19/h5-6,9H,2-4,7-8,10-11H2,1H3,(H,22,27)(H,23,30)(H,24,28). The van der Waals surface area contributed by atoms with E-state index in [1.54, 1.807) is 19.2 Å². The molecule has 1 aliphatic heterocycles. The lowest BCUT2D eigenvalue weighted by Gasteiger charge is -2.30. The summed E-state index contributed by atoms with van der Waals surface area (Å²) in [6, 6.07) is 4.06. The number of nitrogens with zero attached hydrogens (tertiary/aromatic N) is 2. The van der Waals surface area contributed by atoms with Gasteiger partial charge in [-0.3, -0.25) is 24.7 Å². The minimum Gasteiger partial charge on any atom is -0.325 e. The molecule has 2 fully saturated rings. The van der Waals surface area contributed by atoms with Crippen molar-refractivity contribution in [3.05, 3.63) is 28.2 Å². The van der Waals surface area contributed by atoms with Gasteiger partial charge >= 0.3 is 6.03 Å². The summed E-state index contributed by atoms with van der Waals surface area (Å²) in [5, 5.41) is 6.81. The number of hydrogen-bond donors (Lipinski definition) is 3. The Kier molecular flexibility index (Phi) is 6.84. The monoisotopic (exact) mass is 455 g/mol. The maximum atomic E-state index is 12.7. The second kappa shape index (κ2) is 9.20. The maximum Gasteiger partial charge on any atom is 0.344 e. The normalized spacial score (nSPS) is 17.9. The number of benzene rings is 1. The van der Waals surface area contributed by atoms with Crippen molar-refractivity contribution in [2.75, 3.05) is 25.5 Å². The number of rotatable bonds is 6. The van der Waals surface area contributed by atoms with Crippen LogP contribution in [0.4, 0.5) is 10.5 Å². The van der Waals surface area contributed by atoms with E-state index in [1.165, 1.54) is 11.0 Å². The molecule has 0 unspecified atom stereocenters. The lowest BCUT2D eigenvalue weighted by atomic mass is 9.82. The number of amides is 5. The summed E-state index contributed by atoms with van der Waals surface area (Å²) < 4.78 is 0. The summed E-state index contributed by atoms with van der Waals surface area (Å²) >= 11 is 11.8. The van der Waals surface area contributed by atoms with E-state index in [-0.39, 0.29) is 19.0 Å². The fraction of sp³-hybridized carbons (Fsp3) is 0.474. The molecule has 2 aliphatic rings. The number of urea groups is 1. The molecule has 9 nitrogen and oxygen atoms in total. The van der Waals surface area contributed by atoms with Crippen molar-refractivity contribution in [2.45, 2.75) is 37.6 Å². The number of carbonyl (C=O) groups excluding carboxylic acids is 4. The van der Waals surface area contributed by atoms with Gasteiger partial charge < -0.3 is 10.6 Å². The lowest BCUT2D eigenvalue weighted by Crippen LogP contribution is -2.52. The van der Waals surface area contributed by atoms with Crippen molar-refractivity contribution in [3.8, 4) is 0 Å². The van der Waals surface area contributed by atoms with Crippen LogP contribution < -0.4 is 16.1 Å². The number of imide groups is 1. The number of likely N-dealkylation sites (N-methyl/N-ethyl adjacent to an activating group) is 1. The molecule has 1 saturated heterocycles. The average molecular weight is 456 g/mol. The molecular formula is C19H23Cl2N5O4. The molecule has 162 valence electrons. The summed E-state index contributed by atoms with van der Waals surface area (Å²) in [7, 11) is 1.57. The van der Waals surface area contributed by atoms with Crippen LogP contribution in [0, 0.1) is 0 Å². The Morgan fingerprint density at radius 1 is 1.10 bits per heavy atom. The van der Waals surface area contributed by atoms with Crippen LogP contribution in [0.2, 0.25) is 10.0 Å². The first-order valence-corrected chi connectivity index (χ1v) is 10.4. The van der Waals surface area contributed by atoms with E-state index in [0.717, 1.165) is 24.3 Å². The van der Waals surface area contributed by atoms with Crippen molar-refractivity contribution >= 4 is 52.6 Å². The molecule has 11 heteroatoms. The van der Waals surface area contributed by atoms with Crippen LogP contribution in [0.15, 0.2) is 18.2 Å². The van der Waals surface area contributed by atoms with Crippen molar-refractivity contribution in [2.24, 2.45) is 0 Å². The van der Waals surface area contributed by atoms with Gasteiger partial charge in [-0.2, -0.15) is 5.01 Å².